The molecule has 1 N–H and O–H groups in total. The molecule has 0 heterocycles. The number of benzene rings is 3. The number of Topliss-reactive ketones (excluding diaryl/α,β-unsaturated/α-hetero) is 1. The number of anilines is 1. The van der Waals surface area contributed by atoms with Crippen LogP contribution in [-0.4, -0.2) is 5.78 Å². The predicted molar refractivity (Wildman–Crippen MR) is 114 cm³/mol. The lowest BCUT2D eigenvalue weighted by Gasteiger charge is -2.13. The Kier molecular flexibility index (Phi) is 6.67. The zero-order valence-electron chi connectivity index (χ0n) is 16.7. The van der Waals surface area contributed by atoms with Gasteiger partial charge in [-0.05, 0) is 47.0 Å². The molecular formula is C24H22F2N2O2. The molecule has 0 fully saturated rings. The molecule has 0 spiro atoms. The fourth-order valence-corrected chi connectivity index (χ4v) is 3.15. The number of ketones is 1. The van der Waals surface area contributed by atoms with Crippen LogP contribution in [0.25, 0.3) is 11.1 Å². The van der Waals surface area contributed by atoms with Gasteiger partial charge in [0.05, 0.1) is 0 Å². The second-order valence-corrected chi connectivity index (χ2v) is 7.32. The summed E-state index contributed by atoms with van der Waals surface area (Å²) in [6.45, 7) is 3.50. The van der Waals surface area contributed by atoms with E-state index in [-0.39, 0.29) is 23.8 Å². The largest absolute Gasteiger partial charge is 0.381 e. The fourth-order valence-electron chi connectivity index (χ4n) is 3.15. The molecule has 4 nitrogen and oxygen atoms in total. The van der Waals surface area contributed by atoms with Crippen LogP contribution in [0.1, 0.15) is 31.0 Å². The number of halogens is 2. The predicted octanol–water partition coefficient (Wildman–Crippen LogP) is 6.28. The molecule has 30 heavy (non-hydrogen) atoms. The van der Waals surface area contributed by atoms with Crippen LogP contribution in [0.4, 0.5) is 14.5 Å². The van der Waals surface area contributed by atoms with E-state index in [1.807, 2.05) is 18.2 Å². The van der Waals surface area contributed by atoms with Gasteiger partial charge in [0.15, 0.2) is 11.8 Å². The van der Waals surface area contributed by atoms with E-state index in [9.17, 15) is 18.5 Å². The van der Waals surface area contributed by atoms with Crippen molar-refractivity contribution in [1.82, 2.24) is 0 Å². The molecule has 3 rings (SSSR count). The van der Waals surface area contributed by atoms with Crippen molar-refractivity contribution in [3.63, 3.8) is 0 Å². The smallest absolute Gasteiger partial charge is 0.175 e. The maximum absolute atomic E-state index is 13.7. The van der Waals surface area contributed by atoms with Crippen LogP contribution in [0, 0.1) is 22.5 Å². The van der Waals surface area contributed by atoms with Crippen molar-refractivity contribution in [2.24, 2.45) is 11.1 Å². The molecule has 0 aliphatic carbocycles. The molecule has 3 aromatic rings. The number of nitroso groups, excluding NO2 is 1. The van der Waals surface area contributed by atoms with Gasteiger partial charge in [0.1, 0.15) is 11.6 Å². The zero-order valence-corrected chi connectivity index (χ0v) is 16.7. The van der Waals surface area contributed by atoms with Crippen molar-refractivity contribution in [3.05, 3.63) is 94.4 Å². The minimum atomic E-state index is -1.03. The summed E-state index contributed by atoms with van der Waals surface area (Å²) in [5.41, 5.74) is 2.96. The summed E-state index contributed by atoms with van der Waals surface area (Å²) in [4.78, 5) is 23.5. The molecule has 0 aliphatic heterocycles. The molecule has 1 unspecified atom stereocenters. The third-order valence-electron chi connectivity index (χ3n) is 4.90. The summed E-state index contributed by atoms with van der Waals surface area (Å²) in [6, 6.07) is 17.2. The average molecular weight is 408 g/mol. The number of nitrogens with zero attached hydrogens (tertiary/aromatic N) is 1. The third kappa shape index (κ3) is 4.76. The second-order valence-electron chi connectivity index (χ2n) is 7.32. The minimum absolute atomic E-state index is 0.0171. The van der Waals surface area contributed by atoms with Crippen molar-refractivity contribution in [3.8, 4) is 11.1 Å². The van der Waals surface area contributed by atoms with Gasteiger partial charge in [0.2, 0.25) is 0 Å². The van der Waals surface area contributed by atoms with E-state index in [4.69, 9.17) is 0 Å². The van der Waals surface area contributed by atoms with Gasteiger partial charge in [0.25, 0.3) is 0 Å². The summed E-state index contributed by atoms with van der Waals surface area (Å²) in [5, 5.41) is 6.03. The van der Waals surface area contributed by atoms with E-state index in [0.717, 1.165) is 11.1 Å². The first kappa shape index (κ1) is 21.3. The average Bonchev–Trinajstić information content (AvgIpc) is 2.74. The van der Waals surface area contributed by atoms with Crippen LogP contribution >= 0.6 is 0 Å². The van der Waals surface area contributed by atoms with Crippen LogP contribution in [-0.2, 0) is 11.3 Å². The molecule has 3 aromatic carbocycles. The number of carbonyl (C=O) groups excluding carboxylic acids is 1. The highest BCUT2D eigenvalue weighted by Gasteiger charge is 2.24. The molecule has 0 aromatic heterocycles. The summed E-state index contributed by atoms with van der Waals surface area (Å²) < 4.78 is 27.5. The molecule has 0 amide bonds. The highest BCUT2D eigenvalue weighted by Crippen LogP contribution is 2.28. The van der Waals surface area contributed by atoms with Crippen molar-refractivity contribution in [1.29, 1.82) is 0 Å². The second kappa shape index (κ2) is 9.39. The van der Waals surface area contributed by atoms with Crippen molar-refractivity contribution < 1.29 is 13.6 Å². The van der Waals surface area contributed by atoms with Gasteiger partial charge in [-0.3, -0.25) is 4.79 Å². The Morgan fingerprint density at radius 1 is 0.933 bits per heavy atom. The molecule has 6 heteroatoms. The Labute approximate surface area is 173 Å². The van der Waals surface area contributed by atoms with Crippen LogP contribution in [0.2, 0.25) is 0 Å². The summed E-state index contributed by atoms with van der Waals surface area (Å²) in [7, 11) is 0. The van der Waals surface area contributed by atoms with E-state index in [0.29, 0.717) is 11.3 Å². The third-order valence-corrected chi connectivity index (χ3v) is 4.90. The Balaban J connectivity index is 1.76. The number of carbonyl (C=O) groups is 1. The summed E-state index contributed by atoms with van der Waals surface area (Å²) in [5.74, 6) is -1.70. The van der Waals surface area contributed by atoms with Crippen molar-refractivity contribution in [2.75, 3.05) is 5.32 Å². The van der Waals surface area contributed by atoms with Gasteiger partial charge in [-0.25, -0.2) is 8.78 Å². The lowest BCUT2D eigenvalue weighted by Crippen LogP contribution is -2.16. The number of rotatable bonds is 8. The van der Waals surface area contributed by atoms with Crippen LogP contribution < -0.4 is 5.32 Å². The monoisotopic (exact) mass is 408 g/mol. The SMILES string of the molecule is CC(C)C(=O)C(N=O)c1cccc(-c2ccc(NCc3c(F)cccc3F)cc2)c1. The standard InChI is InChI=1S/C24H22F2N2O2/c1-15(2)24(29)23(28-30)18-6-3-5-17(13-18)16-9-11-19(12-10-16)27-14-20-21(25)7-4-8-22(20)26/h3-13,15,23,27H,14H2,1-2H3. The van der Waals surface area contributed by atoms with Crippen LogP contribution in [0.15, 0.2) is 71.9 Å². The van der Waals surface area contributed by atoms with Gasteiger partial charge >= 0.3 is 0 Å². The Morgan fingerprint density at radius 2 is 1.57 bits per heavy atom. The van der Waals surface area contributed by atoms with E-state index in [2.05, 4.69) is 10.5 Å². The fraction of sp³-hybridized carbons (Fsp3) is 0.208. The molecule has 1 atom stereocenters. The van der Waals surface area contributed by atoms with Gasteiger partial charge < -0.3 is 5.32 Å². The topological polar surface area (TPSA) is 58.5 Å². The first-order chi connectivity index (χ1) is 14.4. The van der Waals surface area contributed by atoms with E-state index < -0.39 is 17.7 Å². The molecule has 0 saturated heterocycles. The number of nitrogens with one attached hydrogen (secondary N) is 1. The molecular weight excluding hydrogens is 386 g/mol. The van der Waals surface area contributed by atoms with Gasteiger partial charge in [-0.2, -0.15) is 0 Å². The minimum Gasteiger partial charge on any atom is -0.381 e. The summed E-state index contributed by atoms with van der Waals surface area (Å²) >= 11 is 0. The number of hydrogen-bond acceptors (Lipinski definition) is 4. The molecule has 154 valence electrons. The van der Waals surface area contributed by atoms with Crippen LogP contribution in [0.3, 0.4) is 0 Å². The van der Waals surface area contributed by atoms with Crippen molar-refractivity contribution >= 4 is 11.5 Å². The molecule has 0 radical (unpaired) electrons. The highest BCUT2D eigenvalue weighted by atomic mass is 19.1. The Morgan fingerprint density at radius 3 is 2.17 bits per heavy atom. The lowest BCUT2D eigenvalue weighted by atomic mass is 9.93. The Bertz CT molecular complexity index is 1030. The molecule has 0 aliphatic rings. The van der Waals surface area contributed by atoms with Crippen LogP contribution in [0.5, 0.6) is 0 Å². The normalized spacial score (nSPS) is 11.9. The van der Waals surface area contributed by atoms with E-state index in [1.54, 1.807) is 44.2 Å². The molecule has 0 bridgehead atoms. The number of hydrogen-bond donors (Lipinski definition) is 1. The van der Waals surface area contributed by atoms with E-state index in [1.165, 1.54) is 18.2 Å². The zero-order chi connectivity index (χ0) is 21.7. The molecule has 0 saturated carbocycles. The quantitative estimate of drug-likeness (QED) is 0.447. The van der Waals surface area contributed by atoms with Gasteiger partial charge in [-0.1, -0.05) is 55.4 Å². The highest BCUT2D eigenvalue weighted by molar-refractivity contribution is 5.87. The maximum Gasteiger partial charge on any atom is 0.175 e. The first-order valence-corrected chi connectivity index (χ1v) is 9.64. The lowest BCUT2D eigenvalue weighted by molar-refractivity contribution is -0.123. The van der Waals surface area contributed by atoms with Gasteiger partial charge in [0, 0.05) is 23.7 Å². The maximum atomic E-state index is 13.7. The summed E-state index contributed by atoms with van der Waals surface area (Å²) in [6.07, 6.45) is 0. The Hall–Kier alpha value is -3.41. The van der Waals surface area contributed by atoms with Crippen molar-refractivity contribution in [2.45, 2.75) is 26.4 Å². The first-order valence-electron chi connectivity index (χ1n) is 9.64. The van der Waals surface area contributed by atoms with E-state index >= 15 is 0 Å². The van der Waals surface area contributed by atoms with Gasteiger partial charge in [-0.15, -0.1) is 4.91 Å².